The maximum absolute atomic E-state index is 5.71. The lowest BCUT2D eigenvalue weighted by molar-refractivity contribution is 1.15. The molecule has 0 fully saturated rings. The van der Waals surface area contributed by atoms with Crippen LogP contribution < -0.4 is 11.1 Å². The summed E-state index contributed by atoms with van der Waals surface area (Å²) in [5.74, 6) is 2.04. The van der Waals surface area contributed by atoms with Crippen molar-refractivity contribution >= 4 is 17.3 Å². The molecule has 4 heteroatoms. The van der Waals surface area contributed by atoms with Crippen molar-refractivity contribution < 1.29 is 0 Å². The van der Waals surface area contributed by atoms with Crippen LogP contribution in [-0.2, 0) is 0 Å². The summed E-state index contributed by atoms with van der Waals surface area (Å²) in [4.78, 5) is 7.15. The zero-order valence-corrected chi connectivity index (χ0v) is 7.91. The Hall–Kier alpha value is -1.97. The van der Waals surface area contributed by atoms with E-state index in [1.165, 1.54) is 0 Å². The average molecular weight is 188 g/mol. The highest BCUT2D eigenvalue weighted by atomic mass is 15.1. The molecule has 0 aliphatic carbocycles. The molecule has 0 saturated carbocycles. The van der Waals surface area contributed by atoms with Gasteiger partial charge >= 0.3 is 0 Å². The van der Waals surface area contributed by atoms with Gasteiger partial charge in [0.2, 0.25) is 0 Å². The predicted octanol–water partition coefficient (Wildman–Crippen LogP) is 2.04. The Labute approximate surface area is 82.2 Å². The van der Waals surface area contributed by atoms with Gasteiger partial charge in [-0.25, -0.2) is 4.98 Å². The van der Waals surface area contributed by atoms with Crippen LogP contribution in [0, 0.1) is 6.92 Å². The Morgan fingerprint density at radius 2 is 2.00 bits per heavy atom. The Morgan fingerprint density at radius 3 is 2.57 bits per heavy atom. The molecule has 0 saturated heterocycles. The maximum atomic E-state index is 5.71. The number of benzene rings is 1. The van der Waals surface area contributed by atoms with E-state index in [4.69, 9.17) is 5.73 Å². The van der Waals surface area contributed by atoms with E-state index in [2.05, 4.69) is 15.3 Å². The molecule has 0 aliphatic rings. The third kappa shape index (κ3) is 1.69. The highest BCUT2D eigenvalue weighted by Gasteiger charge is 2.03. The van der Waals surface area contributed by atoms with Crippen molar-refractivity contribution in [1.82, 2.24) is 9.97 Å². The Balaban J connectivity index is 2.23. The number of anilines is 3. The van der Waals surface area contributed by atoms with Crippen LogP contribution in [0.5, 0.6) is 0 Å². The Bertz CT molecular complexity index is 419. The topological polar surface area (TPSA) is 66.7 Å². The summed E-state index contributed by atoms with van der Waals surface area (Å²) in [5, 5.41) is 3.13. The van der Waals surface area contributed by atoms with Crippen LogP contribution in [0.2, 0.25) is 0 Å². The molecule has 4 N–H and O–H groups in total. The fraction of sp³-hybridized carbons (Fsp3) is 0.100. The van der Waals surface area contributed by atoms with Crippen molar-refractivity contribution in [3.05, 3.63) is 36.2 Å². The maximum Gasteiger partial charge on any atom is 0.173 e. The van der Waals surface area contributed by atoms with Gasteiger partial charge in [-0.1, -0.05) is 18.2 Å². The molecule has 0 unspecified atom stereocenters. The van der Waals surface area contributed by atoms with Gasteiger partial charge in [-0.3, -0.25) is 0 Å². The SMILES string of the molecule is Cc1nc(Nc2ccccc2)c(N)[nH]1. The molecule has 2 aromatic rings. The summed E-state index contributed by atoms with van der Waals surface area (Å²) < 4.78 is 0. The number of nitrogens with one attached hydrogen (secondary N) is 2. The lowest BCUT2D eigenvalue weighted by Gasteiger charge is -2.02. The average Bonchev–Trinajstić information content (AvgIpc) is 2.47. The van der Waals surface area contributed by atoms with Crippen LogP contribution in [0.3, 0.4) is 0 Å². The Morgan fingerprint density at radius 1 is 1.29 bits per heavy atom. The van der Waals surface area contributed by atoms with E-state index >= 15 is 0 Å². The van der Waals surface area contributed by atoms with E-state index in [0.717, 1.165) is 11.5 Å². The number of hydrogen-bond acceptors (Lipinski definition) is 3. The number of aryl methyl sites for hydroxylation is 1. The van der Waals surface area contributed by atoms with Crippen molar-refractivity contribution in [2.24, 2.45) is 0 Å². The zero-order valence-electron chi connectivity index (χ0n) is 7.91. The quantitative estimate of drug-likeness (QED) is 0.675. The second-order valence-electron chi connectivity index (χ2n) is 3.08. The molecule has 1 heterocycles. The molecule has 14 heavy (non-hydrogen) atoms. The van der Waals surface area contributed by atoms with Gasteiger partial charge in [-0.2, -0.15) is 0 Å². The number of aromatic amines is 1. The minimum absolute atomic E-state index is 0.561. The van der Waals surface area contributed by atoms with Crippen molar-refractivity contribution in [1.29, 1.82) is 0 Å². The zero-order chi connectivity index (χ0) is 9.97. The second kappa shape index (κ2) is 3.41. The first kappa shape index (κ1) is 8.62. The molecule has 0 aliphatic heterocycles. The highest BCUT2D eigenvalue weighted by Crippen LogP contribution is 2.19. The predicted molar refractivity (Wildman–Crippen MR) is 57.5 cm³/mol. The van der Waals surface area contributed by atoms with E-state index in [-0.39, 0.29) is 0 Å². The summed E-state index contributed by atoms with van der Waals surface area (Å²) in [7, 11) is 0. The number of H-pyrrole nitrogens is 1. The number of para-hydroxylation sites is 1. The molecule has 1 aromatic heterocycles. The van der Waals surface area contributed by atoms with E-state index in [0.29, 0.717) is 11.6 Å². The molecule has 0 bridgehead atoms. The molecule has 1 aromatic carbocycles. The fourth-order valence-electron chi connectivity index (χ4n) is 1.26. The second-order valence-corrected chi connectivity index (χ2v) is 3.08. The van der Waals surface area contributed by atoms with Gasteiger partial charge in [0.05, 0.1) is 0 Å². The van der Waals surface area contributed by atoms with Crippen molar-refractivity contribution in [2.75, 3.05) is 11.1 Å². The third-order valence-corrected chi connectivity index (χ3v) is 1.89. The highest BCUT2D eigenvalue weighted by molar-refractivity contribution is 5.66. The lowest BCUT2D eigenvalue weighted by Crippen LogP contribution is -1.94. The first-order chi connectivity index (χ1) is 6.75. The molecule has 0 spiro atoms. The lowest BCUT2D eigenvalue weighted by atomic mass is 10.3. The molecule has 0 atom stereocenters. The van der Waals surface area contributed by atoms with Crippen LogP contribution in [-0.4, -0.2) is 9.97 Å². The third-order valence-electron chi connectivity index (χ3n) is 1.89. The van der Waals surface area contributed by atoms with Crippen LogP contribution in [0.15, 0.2) is 30.3 Å². The largest absolute Gasteiger partial charge is 0.382 e. The minimum atomic E-state index is 0.561. The molecule has 2 rings (SSSR count). The molecular formula is C10H12N4. The van der Waals surface area contributed by atoms with Gasteiger partial charge in [-0.15, -0.1) is 0 Å². The fourth-order valence-corrected chi connectivity index (χ4v) is 1.26. The van der Waals surface area contributed by atoms with E-state index in [1.807, 2.05) is 37.3 Å². The van der Waals surface area contributed by atoms with Crippen LogP contribution in [0.4, 0.5) is 17.3 Å². The van der Waals surface area contributed by atoms with E-state index in [1.54, 1.807) is 0 Å². The molecular weight excluding hydrogens is 176 g/mol. The van der Waals surface area contributed by atoms with E-state index in [9.17, 15) is 0 Å². The molecule has 0 amide bonds. The smallest absolute Gasteiger partial charge is 0.173 e. The Kier molecular flexibility index (Phi) is 2.10. The summed E-state index contributed by atoms with van der Waals surface area (Å²) in [6.07, 6.45) is 0. The number of nitrogens with two attached hydrogens (primary N) is 1. The van der Waals surface area contributed by atoms with Crippen LogP contribution in [0.1, 0.15) is 5.82 Å². The minimum Gasteiger partial charge on any atom is -0.382 e. The van der Waals surface area contributed by atoms with E-state index < -0.39 is 0 Å². The standard InChI is InChI=1S/C10H12N4/c1-7-12-9(11)10(13-7)14-8-5-3-2-4-6-8/h2-6,14H,11H2,1H3,(H,12,13). The number of nitrogen functional groups attached to an aromatic ring is 1. The number of imidazole rings is 1. The molecule has 0 radical (unpaired) electrons. The van der Waals surface area contributed by atoms with Gasteiger partial charge in [0.1, 0.15) is 11.6 Å². The number of hydrogen-bond donors (Lipinski definition) is 3. The van der Waals surface area contributed by atoms with Crippen molar-refractivity contribution in [3.8, 4) is 0 Å². The van der Waals surface area contributed by atoms with Gasteiger partial charge in [-0.05, 0) is 19.1 Å². The van der Waals surface area contributed by atoms with Crippen LogP contribution >= 0.6 is 0 Å². The normalized spacial score (nSPS) is 10.1. The number of nitrogens with zero attached hydrogens (tertiary/aromatic N) is 1. The van der Waals surface area contributed by atoms with Crippen molar-refractivity contribution in [3.63, 3.8) is 0 Å². The molecule has 4 nitrogen and oxygen atoms in total. The van der Waals surface area contributed by atoms with Gasteiger partial charge < -0.3 is 16.0 Å². The van der Waals surface area contributed by atoms with Gasteiger partial charge in [0.25, 0.3) is 0 Å². The summed E-state index contributed by atoms with van der Waals surface area (Å²) in [6, 6.07) is 9.80. The summed E-state index contributed by atoms with van der Waals surface area (Å²) >= 11 is 0. The van der Waals surface area contributed by atoms with Crippen LogP contribution in [0.25, 0.3) is 0 Å². The number of aromatic nitrogens is 2. The monoisotopic (exact) mass is 188 g/mol. The van der Waals surface area contributed by atoms with Crippen molar-refractivity contribution in [2.45, 2.75) is 6.92 Å². The first-order valence-electron chi connectivity index (χ1n) is 4.40. The number of rotatable bonds is 2. The first-order valence-corrected chi connectivity index (χ1v) is 4.40. The van der Waals surface area contributed by atoms with Gasteiger partial charge in [0, 0.05) is 5.69 Å². The van der Waals surface area contributed by atoms with Gasteiger partial charge in [0.15, 0.2) is 5.82 Å². The summed E-state index contributed by atoms with van der Waals surface area (Å²) in [5.41, 5.74) is 6.69. The molecule has 72 valence electrons. The summed E-state index contributed by atoms with van der Waals surface area (Å²) in [6.45, 7) is 1.87.